The molecule has 0 aliphatic carbocycles. The van der Waals surface area contributed by atoms with Gasteiger partial charge in [-0.05, 0) is 17.7 Å². The first kappa shape index (κ1) is 11.7. The number of hydrogen-bond acceptors (Lipinski definition) is 4. The molecule has 88 valence electrons. The van der Waals surface area contributed by atoms with E-state index >= 15 is 0 Å². The van der Waals surface area contributed by atoms with Gasteiger partial charge < -0.3 is 9.52 Å². The first-order valence-electron chi connectivity index (χ1n) is 4.71. The van der Waals surface area contributed by atoms with E-state index in [1.165, 1.54) is 36.4 Å². The van der Waals surface area contributed by atoms with Crippen LogP contribution in [-0.2, 0) is 5.75 Å². The Labute approximate surface area is 100 Å². The summed E-state index contributed by atoms with van der Waals surface area (Å²) in [5.74, 6) is -1.53. The lowest BCUT2D eigenvalue weighted by Gasteiger charge is -2.02. The molecule has 2 aromatic rings. The number of thioether (sulfide) groups is 1. The smallest absolute Gasteiger partial charge is 0.338 e. The van der Waals surface area contributed by atoms with Gasteiger partial charge in [-0.15, -0.1) is 0 Å². The summed E-state index contributed by atoms with van der Waals surface area (Å²) in [6.45, 7) is 0. The Hall–Kier alpha value is -1.82. The Morgan fingerprint density at radius 2 is 2.35 bits per heavy atom. The van der Waals surface area contributed by atoms with Crippen molar-refractivity contribution in [2.45, 2.75) is 11.0 Å². The van der Waals surface area contributed by atoms with Crippen LogP contribution in [0.25, 0.3) is 0 Å². The Balaban J connectivity index is 2.11. The summed E-state index contributed by atoms with van der Waals surface area (Å²) >= 11 is 1.31. The molecule has 4 nitrogen and oxygen atoms in total. The number of carbonyl (C=O) groups is 1. The van der Waals surface area contributed by atoms with Crippen LogP contribution >= 0.6 is 11.8 Å². The summed E-state index contributed by atoms with van der Waals surface area (Å²) in [7, 11) is 0. The second-order valence-corrected chi connectivity index (χ2v) is 4.13. The molecule has 2 rings (SSSR count). The third-order valence-corrected chi connectivity index (χ3v) is 2.96. The number of halogens is 1. The molecule has 1 N–H and O–H groups in total. The molecular weight excluding hydrogens is 245 g/mol. The molecule has 0 spiro atoms. The third kappa shape index (κ3) is 2.85. The van der Waals surface area contributed by atoms with Crippen molar-refractivity contribution in [2.24, 2.45) is 0 Å². The first-order valence-corrected chi connectivity index (χ1v) is 5.69. The van der Waals surface area contributed by atoms with E-state index in [9.17, 15) is 9.18 Å². The fourth-order valence-corrected chi connectivity index (χ4v) is 1.98. The van der Waals surface area contributed by atoms with E-state index in [-0.39, 0.29) is 5.56 Å². The summed E-state index contributed by atoms with van der Waals surface area (Å²) in [6, 6.07) is 4.00. The van der Waals surface area contributed by atoms with Gasteiger partial charge in [0, 0.05) is 5.75 Å². The molecule has 0 aliphatic rings. The summed E-state index contributed by atoms with van der Waals surface area (Å²) in [5, 5.41) is 9.26. The van der Waals surface area contributed by atoms with Crippen LogP contribution in [0, 0.1) is 5.82 Å². The van der Waals surface area contributed by atoms with E-state index < -0.39 is 11.8 Å². The van der Waals surface area contributed by atoms with E-state index in [2.05, 4.69) is 4.98 Å². The predicted octanol–water partition coefficient (Wildman–Crippen LogP) is 2.80. The minimum absolute atomic E-state index is 0.324. The lowest BCUT2D eigenvalue weighted by molar-refractivity contribution is 0.0692. The van der Waals surface area contributed by atoms with Crippen LogP contribution in [-0.4, -0.2) is 16.1 Å². The van der Waals surface area contributed by atoms with Crippen molar-refractivity contribution in [2.75, 3.05) is 0 Å². The zero-order valence-electron chi connectivity index (χ0n) is 8.59. The number of nitrogens with zero attached hydrogens (tertiary/aromatic N) is 1. The fraction of sp³-hybridized carbons (Fsp3) is 0.0909. The molecular formula is C11H8FNO3S. The maximum atomic E-state index is 13.1. The Morgan fingerprint density at radius 1 is 1.53 bits per heavy atom. The maximum absolute atomic E-state index is 13.1. The van der Waals surface area contributed by atoms with Crippen molar-refractivity contribution < 1.29 is 18.7 Å². The highest BCUT2D eigenvalue weighted by atomic mass is 32.2. The lowest BCUT2D eigenvalue weighted by Crippen LogP contribution is -2.01. The number of oxazole rings is 1. The SMILES string of the molecule is O=C(O)c1cc(CSc2ncco2)ccc1F. The predicted molar refractivity (Wildman–Crippen MR) is 59.4 cm³/mol. The number of aromatic carboxylic acids is 1. The first-order chi connectivity index (χ1) is 8.16. The molecule has 6 heteroatoms. The van der Waals surface area contributed by atoms with Crippen LogP contribution in [0.15, 0.2) is 40.3 Å². The average Bonchev–Trinajstić information content (AvgIpc) is 2.80. The molecule has 0 fully saturated rings. The standard InChI is InChI=1S/C11H8FNO3S/c12-9-2-1-7(5-8(9)10(14)15)6-17-11-13-3-4-16-11/h1-5H,6H2,(H,14,15). The zero-order chi connectivity index (χ0) is 12.3. The van der Waals surface area contributed by atoms with Crippen molar-refractivity contribution in [3.8, 4) is 0 Å². The average molecular weight is 253 g/mol. The monoisotopic (exact) mass is 253 g/mol. The highest BCUT2D eigenvalue weighted by molar-refractivity contribution is 7.98. The largest absolute Gasteiger partial charge is 0.478 e. The molecule has 0 bridgehead atoms. The molecule has 0 aliphatic heterocycles. The van der Waals surface area contributed by atoms with E-state index in [1.807, 2.05) is 0 Å². The molecule has 1 heterocycles. The van der Waals surface area contributed by atoms with Gasteiger partial charge in [-0.2, -0.15) is 0 Å². The summed E-state index contributed by atoms with van der Waals surface area (Å²) in [4.78, 5) is 14.6. The minimum atomic E-state index is -1.27. The van der Waals surface area contributed by atoms with Gasteiger partial charge in [0.25, 0.3) is 5.22 Å². The van der Waals surface area contributed by atoms with Crippen molar-refractivity contribution in [3.05, 3.63) is 47.6 Å². The van der Waals surface area contributed by atoms with Crippen LogP contribution in [0.2, 0.25) is 0 Å². The van der Waals surface area contributed by atoms with Crippen LogP contribution < -0.4 is 0 Å². The van der Waals surface area contributed by atoms with Gasteiger partial charge in [-0.1, -0.05) is 17.8 Å². The quantitative estimate of drug-likeness (QED) is 0.849. The number of aromatic nitrogens is 1. The molecule has 1 aromatic carbocycles. The van der Waals surface area contributed by atoms with Crippen LogP contribution in [0.5, 0.6) is 0 Å². The summed E-state index contributed by atoms with van der Waals surface area (Å²) < 4.78 is 18.1. The molecule has 0 atom stereocenters. The van der Waals surface area contributed by atoms with Crippen LogP contribution in [0.4, 0.5) is 4.39 Å². The number of carboxylic acids is 1. The highest BCUT2D eigenvalue weighted by Crippen LogP contribution is 2.22. The Kier molecular flexibility index (Phi) is 3.43. The summed E-state index contributed by atoms with van der Waals surface area (Å²) in [5.41, 5.74) is 0.377. The molecule has 1 aromatic heterocycles. The van der Waals surface area contributed by atoms with Gasteiger partial charge in [0.15, 0.2) is 0 Å². The normalized spacial score (nSPS) is 10.4. The number of rotatable bonds is 4. The number of benzene rings is 1. The second-order valence-electron chi connectivity index (χ2n) is 3.21. The zero-order valence-corrected chi connectivity index (χ0v) is 9.41. The van der Waals surface area contributed by atoms with Gasteiger partial charge >= 0.3 is 5.97 Å². The van der Waals surface area contributed by atoms with Gasteiger partial charge in [-0.25, -0.2) is 14.2 Å². The van der Waals surface area contributed by atoms with Gasteiger partial charge in [0.1, 0.15) is 12.1 Å². The number of carboxylic acid groups (broad SMARTS) is 1. The fourth-order valence-electron chi connectivity index (χ4n) is 1.25. The van der Waals surface area contributed by atoms with Gasteiger partial charge in [0.2, 0.25) is 0 Å². The molecule has 0 amide bonds. The van der Waals surface area contributed by atoms with Crippen molar-refractivity contribution in [1.82, 2.24) is 4.98 Å². The van der Waals surface area contributed by atoms with Crippen molar-refractivity contribution in [1.29, 1.82) is 0 Å². The second kappa shape index (κ2) is 5.01. The topological polar surface area (TPSA) is 63.3 Å². The van der Waals surface area contributed by atoms with Crippen LogP contribution in [0.1, 0.15) is 15.9 Å². The maximum Gasteiger partial charge on any atom is 0.338 e. The molecule has 0 saturated carbocycles. The van der Waals surface area contributed by atoms with E-state index in [1.54, 1.807) is 0 Å². The third-order valence-electron chi connectivity index (χ3n) is 2.03. The Morgan fingerprint density at radius 3 is 3.00 bits per heavy atom. The summed E-state index contributed by atoms with van der Waals surface area (Å²) in [6.07, 6.45) is 2.98. The molecule has 0 unspecified atom stereocenters. The van der Waals surface area contributed by atoms with Crippen molar-refractivity contribution in [3.63, 3.8) is 0 Å². The highest BCUT2D eigenvalue weighted by Gasteiger charge is 2.11. The van der Waals surface area contributed by atoms with Gasteiger partial charge in [0.05, 0.1) is 11.8 Å². The van der Waals surface area contributed by atoms with E-state index in [4.69, 9.17) is 9.52 Å². The molecule has 0 radical (unpaired) electrons. The molecule has 17 heavy (non-hydrogen) atoms. The molecule has 0 saturated heterocycles. The Bertz CT molecular complexity index is 528. The lowest BCUT2D eigenvalue weighted by atomic mass is 10.1. The van der Waals surface area contributed by atoms with Gasteiger partial charge in [-0.3, -0.25) is 0 Å². The van der Waals surface area contributed by atoms with E-state index in [0.717, 1.165) is 6.07 Å². The van der Waals surface area contributed by atoms with Crippen molar-refractivity contribution >= 4 is 17.7 Å². The minimum Gasteiger partial charge on any atom is -0.478 e. The van der Waals surface area contributed by atoms with Crippen LogP contribution in [0.3, 0.4) is 0 Å². The van der Waals surface area contributed by atoms with E-state index in [0.29, 0.717) is 16.5 Å². The number of hydrogen-bond donors (Lipinski definition) is 1.